The zero-order chi connectivity index (χ0) is 16.3. The van der Waals surface area contributed by atoms with E-state index in [1.54, 1.807) is 19.1 Å². The first-order chi connectivity index (χ1) is 11.0. The van der Waals surface area contributed by atoms with Crippen LogP contribution in [0.3, 0.4) is 0 Å². The number of carbonyl (C=O) groups excluding carboxylic acids is 2. The molecule has 1 N–H and O–H groups in total. The van der Waals surface area contributed by atoms with Crippen molar-refractivity contribution in [2.75, 3.05) is 5.32 Å². The summed E-state index contributed by atoms with van der Waals surface area (Å²) in [7, 11) is 0. The van der Waals surface area contributed by atoms with Gasteiger partial charge in [-0.3, -0.25) is 19.7 Å². The molecule has 0 radical (unpaired) electrons. The molecule has 7 heteroatoms. The zero-order valence-corrected chi connectivity index (χ0v) is 12.5. The van der Waals surface area contributed by atoms with Gasteiger partial charge in [-0.1, -0.05) is 6.07 Å². The second-order valence-corrected chi connectivity index (χ2v) is 6.67. The van der Waals surface area contributed by atoms with E-state index in [1.165, 1.54) is 6.07 Å². The molecule has 2 bridgehead atoms. The second-order valence-electron chi connectivity index (χ2n) is 6.67. The fraction of sp³-hybridized carbons (Fsp3) is 0.500. The van der Waals surface area contributed by atoms with Crippen LogP contribution in [0.5, 0.6) is 0 Å². The predicted octanol–water partition coefficient (Wildman–Crippen LogP) is 2.04. The van der Waals surface area contributed by atoms with Crippen LogP contribution in [-0.4, -0.2) is 22.9 Å². The fourth-order valence-electron chi connectivity index (χ4n) is 4.47. The molecule has 3 fully saturated rings. The maximum atomic E-state index is 12.6. The molecule has 1 saturated heterocycles. The molecule has 1 heterocycles. The van der Waals surface area contributed by atoms with Crippen molar-refractivity contribution in [1.82, 2.24) is 0 Å². The highest BCUT2D eigenvalue weighted by atomic mass is 16.6. The number of aryl methyl sites for hydroxylation is 1. The summed E-state index contributed by atoms with van der Waals surface area (Å²) in [6.07, 6.45) is 1.59. The number of hydrogen-bond acceptors (Lipinski definition) is 5. The number of anilines is 1. The summed E-state index contributed by atoms with van der Waals surface area (Å²) >= 11 is 0. The quantitative estimate of drug-likeness (QED) is 0.522. The normalized spacial score (nSPS) is 33.6. The Labute approximate surface area is 132 Å². The van der Waals surface area contributed by atoms with Gasteiger partial charge >= 0.3 is 5.97 Å². The number of fused-ring (bicyclic) bond motifs is 1. The molecule has 5 atom stereocenters. The van der Waals surface area contributed by atoms with Crippen LogP contribution >= 0.6 is 0 Å². The summed E-state index contributed by atoms with van der Waals surface area (Å²) in [5.41, 5.74) is 0.893. The van der Waals surface area contributed by atoms with Gasteiger partial charge in [0.25, 0.3) is 5.69 Å². The Balaban J connectivity index is 1.56. The molecule has 0 aromatic heterocycles. The molecule has 120 valence electrons. The molecule has 23 heavy (non-hydrogen) atoms. The van der Waals surface area contributed by atoms with Crippen molar-refractivity contribution in [2.24, 2.45) is 23.7 Å². The summed E-state index contributed by atoms with van der Waals surface area (Å²) in [6, 6.07) is 4.60. The lowest BCUT2D eigenvalue weighted by atomic mass is 9.79. The number of ether oxygens (including phenoxy) is 1. The van der Waals surface area contributed by atoms with Gasteiger partial charge in [-0.25, -0.2) is 0 Å². The maximum Gasteiger partial charge on any atom is 0.310 e. The van der Waals surface area contributed by atoms with Gasteiger partial charge in [-0.05, 0) is 31.7 Å². The molecule has 1 aromatic carbocycles. The summed E-state index contributed by atoms with van der Waals surface area (Å²) < 4.78 is 5.33. The topological polar surface area (TPSA) is 98.5 Å². The molecule has 0 unspecified atom stereocenters. The smallest absolute Gasteiger partial charge is 0.310 e. The Kier molecular flexibility index (Phi) is 2.94. The van der Waals surface area contributed by atoms with Crippen LogP contribution in [-0.2, 0) is 14.3 Å². The van der Waals surface area contributed by atoms with Gasteiger partial charge < -0.3 is 10.1 Å². The number of esters is 1. The number of nitrogens with zero attached hydrogens (tertiary/aromatic N) is 1. The first kappa shape index (κ1) is 14.2. The molecule has 1 amide bonds. The Bertz CT molecular complexity index is 729. The molecule has 7 nitrogen and oxygen atoms in total. The summed E-state index contributed by atoms with van der Waals surface area (Å²) in [5, 5.41) is 13.7. The van der Waals surface area contributed by atoms with E-state index in [2.05, 4.69) is 5.32 Å². The van der Waals surface area contributed by atoms with Crippen molar-refractivity contribution in [2.45, 2.75) is 25.9 Å². The number of benzene rings is 1. The average Bonchev–Trinajstić information content (AvgIpc) is 3.10. The zero-order valence-electron chi connectivity index (χ0n) is 12.5. The molecule has 1 aromatic rings. The van der Waals surface area contributed by atoms with Crippen molar-refractivity contribution in [3.05, 3.63) is 33.9 Å². The fourth-order valence-corrected chi connectivity index (χ4v) is 4.47. The third-order valence-corrected chi connectivity index (χ3v) is 5.46. The van der Waals surface area contributed by atoms with Crippen LogP contribution < -0.4 is 5.32 Å². The molecule has 2 aliphatic carbocycles. The van der Waals surface area contributed by atoms with Gasteiger partial charge in [0, 0.05) is 23.2 Å². The Morgan fingerprint density at radius 2 is 2.17 bits per heavy atom. The van der Waals surface area contributed by atoms with Crippen molar-refractivity contribution < 1.29 is 19.2 Å². The van der Waals surface area contributed by atoms with Crippen molar-refractivity contribution in [3.8, 4) is 0 Å². The lowest BCUT2D eigenvalue weighted by molar-refractivity contribution is -0.385. The van der Waals surface area contributed by atoms with Gasteiger partial charge in [-0.2, -0.15) is 0 Å². The van der Waals surface area contributed by atoms with E-state index >= 15 is 0 Å². The van der Waals surface area contributed by atoms with E-state index in [1.807, 2.05) is 0 Å². The Morgan fingerprint density at radius 1 is 1.39 bits per heavy atom. The minimum atomic E-state index is -0.471. The number of nitrogens with one attached hydrogen (secondary N) is 1. The van der Waals surface area contributed by atoms with Crippen molar-refractivity contribution >= 4 is 23.3 Å². The van der Waals surface area contributed by atoms with E-state index < -0.39 is 4.92 Å². The molecule has 1 aliphatic heterocycles. The number of carbonyl (C=O) groups is 2. The molecule has 2 saturated carbocycles. The molecule has 4 rings (SSSR count). The van der Waals surface area contributed by atoms with Crippen molar-refractivity contribution in [1.29, 1.82) is 0 Å². The predicted molar refractivity (Wildman–Crippen MR) is 79.5 cm³/mol. The Hall–Kier alpha value is -2.44. The number of hydrogen-bond donors (Lipinski definition) is 1. The standard InChI is InChI=1S/C16H16N2O5/c1-7-2-3-9(6-11(7)18(21)22)17-15(19)13-8-4-10-12(5-8)23-16(20)14(10)13/h2-3,6,8,10,12-14H,4-5H2,1H3,(H,17,19)/t8-,10-,12+,13-,14-/m1/s1. The second kappa shape index (κ2) is 4.78. The molecule has 0 spiro atoms. The van der Waals surface area contributed by atoms with E-state index in [9.17, 15) is 19.7 Å². The van der Waals surface area contributed by atoms with E-state index in [0.717, 1.165) is 12.8 Å². The van der Waals surface area contributed by atoms with E-state index in [4.69, 9.17) is 4.74 Å². The Morgan fingerprint density at radius 3 is 2.91 bits per heavy atom. The SMILES string of the molecule is Cc1ccc(NC(=O)[C@@H]2[C@@H]3C[C@H]4[C@H]2C(=O)O[C@H]4C3)cc1[N+](=O)[O-]. The monoisotopic (exact) mass is 316 g/mol. The third kappa shape index (κ3) is 2.03. The average molecular weight is 316 g/mol. The highest BCUT2D eigenvalue weighted by Gasteiger charge is 2.63. The van der Waals surface area contributed by atoms with Crippen molar-refractivity contribution in [3.63, 3.8) is 0 Å². The first-order valence-corrected chi connectivity index (χ1v) is 7.72. The lowest BCUT2D eigenvalue weighted by Gasteiger charge is -2.23. The van der Waals surface area contributed by atoms with Crippen LogP contribution in [0.15, 0.2) is 18.2 Å². The van der Waals surface area contributed by atoms with Crippen LogP contribution in [0.4, 0.5) is 11.4 Å². The highest BCUT2D eigenvalue weighted by molar-refractivity contribution is 5.97. The first-order valence-electron chi connectivity index (χ1n) is 7.72. The summed E-state index contributed by atoms with van der Waals surface area (Å²) in [4.78, 5) is 35.1. The molecular formula is C16H16N2O5. The minimum Gasteiger partial charge on any atom is -0.462 e. The summed E-state index contributed by atoms with van der Waals surface area (Å²) in [5.74, 6) is -0.906. The van der Waals surface area contributed by atoms with Crippen LogP contribution in [0.25, 0.3) is 0 Å². The van der Waals surface area contributed by atoms with Crippen LogP contribution in [0.2, 0.25) is 0 Å². The van der Waals surface area contributed by atoms with E-state index in [-0.39, 0.29) is 47.3 Å². The lowest BCUT2D eigenvalue weighted by Crippen LogP contribution is -2.35. The third-order valence-electron chi connectivity index (χ3n) is 5.46. The number of amides is 1. The van der Waals surface area contributed by atoms with E-state index in [0.29, 0.717) is 11.3 Å². The largest absolute Gasteiger partial charge is 0.462 e. The molecule has 3 aliphatic rings. The van der Waals surface area contributed by atoms with Gasteiger partial charge in [0.15, 0.2) is 0 Å². The molecular weight excluding hydrogens is 300 g/mol. The van der Waals surface area contributed by atoms with Gasteiger partial charge in [-0.15, -0.1) is 0 Å². The number of rotatable bonds is 3. The van der Waals surface area contributed by atoms with Gasteiger partial charge in [0.05, 0.1) is 16.8 Å². The highest BCUT2D eigenvalue weighted by Crippen LogP contribution is 2.57. The minimum absolute atomic E-state index is 0.0120. The number of nitro groups is 1. The van der Waals surface area contributed by atoms with Gasteiger partial charge in [0.1, 0.15) is 6.10 Å². The maximum absolute atomic E-state index is 12.6. The van der Waals surface area contributed by atoms with Crippen LogP contribution in [0, 0.1) is 40.7 Å². The van der Waals surface area contributed by atoms with Gasteiger partial charge in [0.2, 0.25) is 5.91 Å². The summed E-state index contributed by atoms with van der Waals surface area (Å²) in [6.45, 7) is 1.65. The number of nitro benzene ring substituents is 1. The van der Waals surface area contributed by atoms with Crippen LogP contribution in [0.1, 0.15) is 18.4 Å².